The van der Waals surface area contributed by atoms with E-state index >= 15 is 0 Å². The third-order valence-electron chi connectivity index (χ3n) is 3.64. The van der Waals surface area contributed by atoms with Gasteiger partial charge in [0.2, 0.25) is 0 Å². The first-order chi connectivity index (χ1) is 10.2. The molecular weight excluding hydrogens is 303 g/mol. The van der Waals surface area contributed by atoms with Crippen LogP contribution in [0.1, 0.15) is 17.2 Å². The van der Waals surface area contributed by atoms with Crippen molar-refractivity contribution in [3.05, 3.63) is 81.8 Å². The third kappa shape index (κ3) is 2.91. The van der Waals surface area contributed by atoms with E-state index in [9.17, 15) is 5.11 Å². The maximum absolute atomic E-state index is 10.6. The molecule has 0 aliphatic rings. The zero-order valence-electron chi connectivity index (χ0n) is 11.3. The molecule has 3 aromatic carbocycles. The molecule has 3 heteroatoms. The average molecular weight is 317 g/mol. The second kappa shape index (κ2) is 6.07. The Morgan fingerprint density at radius 3 is 2.19 bits per heavy atom. The van der Waals surface area contributed by atoms with Crippen molar-refractivity contribution in [3.63, 3.8) is 0 Å². The molecule has 0 aromatic heterocycles. The molecular formula is C18H14Cl2O. The molecule has 3 rings (SSSR count). The van der Waals surface area contributed by atoms with Gasteiger partial charge in [-0.05, 0) is 34.0 Å². The van der Waals surface area contributed by atoms with Crippen molar-refractivity contribution < 1.29 is 5.11 Å². The summed E-state index contributed by atoms with van der Waals surface area (Å²) in [5.74, 6) is 0. The van der Waals surface area contributed by atoms with E-state index in [1.807, 2.05) is 42.5 Å². The number of aliphatic hydroxyl groups excluding tert-OH is 1. The number of rotatable bonds is 3. The zero-order valence-corrected chi connectivity index (χ0v) is 12.8. The lowest BCUT2D eigenvalue weighted by Gasteiger charge is -2.15. The fourth-order valence-electron chi connectivity index (χ4n) is 2.57. The summed E-state index contributed by atoms with van der Waals surface area (Å²) in [6, 6.07) is 19.3. The van der Waals surface area contributed by atoms with Crippen LogP contribution in [0.3, 0.4) is 0 Å². The van der Waals surface area contributed by atoms with Gasteiger partial charge in [-0.1, -0.05) is 71.7 Å². The summed E-state index contributed by atoms with van der Waals surface area (Å²) in [6.45, 7) is 0. The molecule has 0 saturated heterocycles. The van der Waals surface area contributed by atoms with Gasteiger partial charge in [0.25, 0.3) is 0 Å². The van der Waals surface area contributed by atoms with Crippen molar-refractivity contribution in [2.75, 3.05) is 0 Å². The van der Waals surface area contributed by atoms with Crippen LogP contribution in [-0.4, -0.2) is 5.11 Å². The van der Waals surface area contributed by atoms with Crippen LogP contribution in [0.5, 0.6) is 0 Å². The lowest BCUT2D eigenvalue weighted by Crippen LogP contribution is -2.03. The van der Waals surface area contributed by atoms with Gasteiger partial charge in [0.05, 0.1) is 6.10 Å². The number of fused-ring (bicyclic) bond motifs is 1. The molecule has 0 radical (unpaired) electrons. The molecule has 0 saturated carbocycles. The number of hydrogen-bond donors (Lipinski definition) is 1. The largest absolute Gasteiger partial charge is 0.388 e. The molecule has 1 nitrogen and oxygen atoms in total. The molecule has 0 aliphatic carbocycles. The minimum Gasteiger partial charge on any atom is -0.388 e. The van der Waals surface area contributed by atoms with Gasteiger partial charge in [-0.25, -0.2) is 0 Å². The van der Waals surface area contributed by atoms with Crippen LogP contribution < -0.4 is 0 Å². The van der Waals surface area contributed by atoms with Gasteiger partial charge in [0, 0.05) is 16.5 Å². The van der Waals surface area contributed by atoms with Crippen LogP contribution in [0.4, 0.5) is 0 Å². The van der Waals surface area contributed by atoms with E-state index in [1.54, 1.807) is 18.2 Å². The van der Waals surface area contributed by atoms with Crippen LogP contribution >= 0.6 is 23.2 Å². The number of halogens is 2. The van der Waals surface area contributed by atoms with Crippen LogP contribution in [0.25, 0.3) is 10.8 Å². The average Bonchev–Trinajstić information content (AvgIpc) is 2.50. The fourth-order valence-corrected chi connectivity index (χ4v) is 3.12. The maximum Gasteiger partial charge on any atom is 0.0837 e. The standard InChI is InChI=1S/C18H14Cl2O/c19-16-9-4-10-17(20)15(16)11-18(21)14-8-3-6-12-5-1-2-7-13(12)14/h1-10,18,21H,11H2. The molecule has 106 valence electrons. The summed E-state index contributed by atoms with van der Waals surface area (Å²) in [7, 11) is 0. The molecule has 0 aliphatic heterocycles. The van der Waals surface area contributed by atoms with Crippen molar-refractivity contribution in [1.82, 2.24) is 0 Å². The monoisotopic (exact) mass is 316 g/mol. The van der Waals surface area contributed by atoms with Gasteiger partial charge in [0.1, 0.15) is 0 Å². The summed E-state index contributed by atoms with van der Waals surface area (Å²) >= 11 is 12.4. The first kappa shape index (κ1) is 14.4. The van der Waals surface area contributed by atoms with Crippen LogP contribution in [0.2, 0.25) is 10.0 Å². The predicted octanol–water partition coefficient (Wildman–Crippen LogP) is 5.42. The smallest absolute Gasteiger partial charge is 0.0837 e. The first-order valence-electron chi connectivity index (χ1n) is 6.75. The topological polar surface area (TPSA) is 20.2 Å². The van der Waals surface area contributed by atoms with Crippen LogP contribution in [0.15, 0.2) is 60.7 Å². The Morgan fingerprint density at radius 1 is 0.810 bits per heavy atom. The third-order valence-corrected chi connectivity index (χ3v) is 4.35. The van der Waals surface area contributed by atoms with Crippen molar-refractivity contribution in [2.24, 2.45) is 0 Å². The quantitative estimate of drug-likeness (QED) is 0.683. The second-order valence-corrected chi connectivity index (χ2v) is 5.80. The van der Waals surface area contributed by atoms with Crippen LogP contribution in [0, 0.1) is 0 Å². The van der Waals surface area contributed by atoms with Crippen LogP contribution in [-0.2, 0) is 6.42 Å². The van der Waals surface area contributed by atoms with Gasteiger partial charge in [-0.3, -0.25) is 0 Å². The highest BCUT2D eigenvalue weighted by Gasteiger charge is 2.15. The highest BCUT2D eigenvalue weighted by molar-refractivity contribution is 6.36. The van der Waals surface area contributed by atoms with Crippen molar-refractivity contribution in [3.8, 4) is 0 Å². The van der Waals surface area contributed by atoms with E-state index in [0.29, 0.717) is 16.5 Å². The summed E-state index contributed by atoms with van der Waals surface area (Å²) in [5, 5.41) is 13.9. The van der Waals surface area contributed by atoms with E-state index in [-0.39, 0.29) is 0 Å². The number of aliphatic hydroxyl groups is 1. The maximum atomic E-state index is 10.6. The highest BCUT2D eigenvalue weighted by atomic mass is 35.5. The SMILES string of the molecule is OC(Cc1c(Cl)cccc1Cl)c1cccc2ccccc12. The molecule has 0 spiro atoms. The highest BCUT2D eigenvalue weighted by Crippen LogP contribution is 2.31. The molecule has 1 N–H and O–H groups in total. The minimum atomic E-state index is -0.645. The molecule has 0 heterocycles. The lowest BCUT2D eigenvalue weighted by molar-refractivity contribution is 0.180. The Kier molecular flexibility index (Phi) is 4.16. The summed E-state index contributed by atoms with van der Waals surface area (Å²) in [6.07, 6.45) is -0.250. The second-order valence-electron chi connectivity index (χ2n) is 4.99. The van der Waals surface area contributed by atoms with Gasteiger partial charge in [0.15, 0.2) is 0 Å². The lowest BCUT2D eigenvalue weighted by atomic mass is 9.96. The Hall–Kier alpha value is -1.54. The molecule has 0 amide bonds. The Labute approximate surface area is 133 Å². The molecule has 1 unspecified atom stereocenters. The minimum absolute atomic E-state index is 0.395. The molecule has 0 bridgehead atoms. The van der Waals surface area contributed by atoms with Crippen molar-refractivity contribution in [1.29, 1.82) is 0 Å². The van der Waals surface area contributed by atoms with E-state index in [0.717, 1.165) is 21.9 Å². The van der Waals surface area contributed by atoms with Gasteiger partial charge in [-0.2, -0.15) is 0 Å². The predicted molar refractivity (Wildman–Crippen MR) is 89.1 cm³/mol. The summed E-state index contributed by atoms with van der Waals surface area (Å²) < 4.78 is 0. The summed E-state index contributed by atoms with van der Waals surface area (Å²) in [4.78, 5) is 0. The number of benzene rings is 3. The Balaban J connectivity index is 2.00. The summed E-state index contributed by atoms with van der Waals surface area (Å²) in [5.41, 5.74) is 1.67. The van der Waals surface area contributed by atoms with Gasteiger partial charge in [-0.15, -0.1) is 0 Å². The van der Waals surface area contributed by atoms with Crippen molar-refractivity contribution >= 4 is 34.0 Å². The van der Waals surface area contributed by atoms with E-state index in [2.05, 4.69) is 0 Å². The molecule has 1 atom stereocenters. The van der Waals surface area contributed by atoms with Gasteiger partial charge < -0.3 is 5.11 Å². The molecule has 0 fully saturated rings. The fraction of sp³-hybridized carbons (Fsp3) is 0.111. The normalized spacial score (nSPS) is 12.5. The van der Waals surface area contributed by atoms with Gasteiger partial charge >= 0.3 is 0 Å². The molecule has 21 heavy (non-hydrogen) atoms. The Bertz CT molecular complexity index is 758. The zero-order chi connectivity index (χ0) is 14.8. The molecule has 3 aromatic rings. The Morgan fingerprint density at radius 2 is 1.43 bits per heavy atom. The van der Waals surface area contributed by atoms with E-state index in [1.165, 1.54) is 0 Å². The first-order valence-corrected chi connectivity index (χ1v) is 7.51. The number of hydrogen-bond acceptors (Lipinski definition) is 1. The van der Waals surface area contributed by atoms with E-state index in [4.69, 9.17) is 23.2 Å². The van der Waals surface area contributed by atoms with Crippen molar-refractivity contribution in [2.45, 2.75) is 12.5 Å². The van der Waals surface area contributed by atoms with E-state index < -0.39 is 6.10 Å².